The monoisotopic (exact) mass is 500 g/mol. The number of H-pyrrole nitrogens is 1. The zero-order valence-electron chi connectivity index (χ0n) is 20.0. The molecule has 12 heteroatoms. The molecule has 4 amide bonds. The van der Waals surface area contributed by atoms with E-state index in [1.807, 2.05) is 24.3 Å². The first-order valence-corrected chi connectivity index (χ1v) is 11.8. The van der Waals surface area contributed by atoms with Gasteiger partial charge in [0.1, 0.15) is 18.1 Å². The summed E-state index contributed by atoms with van der Waals surface area (Å²) in [5.74, 6) is -3.59. The Labute approximate surface area is 207 Å². The Morgan fingerprint density at radius 3 is 2.56 bits per heavy atom. The summed E-state index contributed by atoms with van der Waals surface area (Å²) in [6.07, 6.45) is 2.44. The van der Waals surface area contributed by atoms with Crippen LogP contribution in [0.2, 0.25) is 0 Å². The summed E-state index contributed by atoms with van der Waals surface area (Å²) >= 11 is 0. The van der Waals surface area contributed by atoms with Gasteiger partial charge in [0.2, 0.25) is 23.6 Å². The van der Waals surface area contributed by atoms with Crippen LogP contribution in [0.4, 0.5) is 0 Å². The minimum Gasteiger partial charge on any atom is -0.480 e. The van der Waals surface area contributed by atoms with Crippen molar-refractivity contribution in [1.29, 1.82) is 0 Å². The van der Waals surface area contributed by atoms with Gasteiger partial charge in [0.25, 0.3) is 0 Å². The molecule has 8 N–H and O–H groups in total. The molecule has 2 aromatic rings. The lowest BCUT2D eigenvalue weighted by atomic mass is 10.0. The molecule has 12 nitrogen and oxygen atoms in total. The summed E-state index contributed by atoms with van der Waals surface area (Å²) < 4.78 is 0. The van der Waals surface area contributed by atoms with Crippen molar-refractivity contribution in [3.05, 3.63) is 36.0 Å². The molecule has 1 aromatic heterocycles. The second-order valence-electron chi connectivity index (χ2n) is 9.01. The van der Waals surface area contributed by atoms with Gasteiger partial charge in [0, 0.05) is 36.5 Å². The van der Waals surface area contributed by atoms with Crippen molar-refractivity contribution in [2.75, 3.05) is 6.54 Å². The number of nitrogens with zero attached hydrogens (tertiary/aromatic N) is 1. The maximum absolute atomic E-state index is 13.6. The lowest BCUT2D eigenvalue weighted by molar-refractivity contribution is -0.145. The maximum atomic E-state index is 13.6. The van der Waals surface area contributed by atoms with Crippen LogP contribution < -0.4 is 22.1 Å². The van der Waals surface area contributed by atoms with E-state index < -0.39 is 53.8 Å². The normalized spacial score (nSPS) is 17.8. The summed E-state index contributed by atoms with van der Waals surface area (Å²) in [5.41, 5.74) is 12.5. The van der Waals surface area contributed by atoms with Crippen molar-refractivity contribution >= 4 is 40.5 Å². The van der Waals surface area contributed by atoms with Crippen LogP contribution in [0.15, 0.2) is 30.5 Å². The number of para-hydroxylation sites is 1. The number of aliphatic carboxylic acids is 1. The number of aromatic nitrogens is 1. The van der Waals surface area contributed by atoms with Crippen LogP contribution in [0.3, 0.4) is 0 Å². The molecule has 1 fully saturated rings. The number of likely N-dealkylation sites (tertiary alicyclic amines) is 1. The number of carbonyl (C=O) groups excluding carboxylic acids is 4. The Morgan fingerprint density at radius 2 is 1.89 bits per heavy atom. The van der Waals surface area contributed by atoms with Gasteiger partial charge >= 0.3 is 5.97 Å². The number of aromatic amines is 1. The van der Waals surface area contributed by atoms with Crippen molar-refractivity contribution in [2.24, 2.45) is 11.5 Å². The number of nitrogens with two attached hydrogens (primary N) is 2. The second-order valence-corrected chi connectivity index (χ2v) is 9.01. The number of primary amides is 1. The topological polar surface area (TPSA) is 201 Å². The Balaban J connectivity index is 1.80. The van der Waals surface area contributed by atoms with Crippen LogP contribution in [0.5, 0.6) is 0 Å². The van der Waals surface area contributed by atoms with E-state index in [2.05, 4.69) is 15.6 Å². The van der Waals surface area contributed by atoms with Crippen LogP contribution in [-0.4, -0.2) is 75.3 Å². The fourth-order valence-corrected chi connectivity index (χ4v) is 4.34. The van der Waals surface area contributed by atoms with E-state index >= 15 is 0 Å². The lowest BCUT2D eigenvalue weighted by Gasteiger charge is -2.29. The number of carbonyl (C=O) groups is 5. The smallest absolute Gasteiger partial charge is 0.326 e. The predicted molar refractivity (Wildman–Crippen MR) is 130 cm³/mol. The Bertz CT molecular complexity index is 1150. The van der Waals surface area contributed by atoms with E-state index in [-0.39, 0.29) is 25.8 Å². The van der Waals surface area contributed by atoms with Gasteiger partial charge in [-0.1, -0.05) is 18.2 Å². The van der Waals surface area contributed by atoms with Gasteiger partial charge in [-0.05, 0) is 37.8 Å². The standard InChI is InChI=1S/C24H32N6O6/c1-13(25)21(32)29-18(11-14-12-27-16-6-3-2-5-15(14)16)23(34)30-10-4-7-19(30)22(33)28-17(24(35)36)8-9-20(26)31/h2-3,5-6,12-13,17-19,27H,4,7-11,25H2,1H3,(H2,26,31)(H,28,33)(H,29,32)(H,35,36). The Hall–Kier alpha value is -3.93. The molecule has 3 rings (SSSR count). The number of hydrogen-bond donors (Lipinski definition) is 6. The predicted octanol–water partition coefficient (Wildman–Crippen LogP) is -0.632. The van der Waals surface area contributed by atoms with E-state index in [1.54, 1.807) is 6.20 Å². The van der Waals surface area contributed by atoms with Gasteiger partial charge in [-0.15, -0.1) is 0 Å². The second kappa shape index (κ2) is 11.7. The first-order chi connectivity index (χ1) is 17.1. The molecule has 1 aliphatic rings. The third-order valence-electron chi connectivity index (χ3n) is 6.26. The molecule has 2 heterocycles. The molecule has 0 bridgehead atoms. The molecule has 1 saturated heterocycles. The van der Waals surface area contributed by atoms with Crippen LogP contribution in [0.25, 0.3) is 10.9 Å². The number of hydrogen-bond acceptors (Lipinski definition) is 6. The van der Waals surface area contributed by atoms with Crippen molar-refractivity contribution < 1.29 is 29.1 Å². The molecule has 0 radical (unpaired) electrons. The minimum atomic E-state index is -1.32. The van der Waals surface area contributed by atoms with Gasteiger partial charge in [-0.2, -0.15) is 0 Å². The molecular weight excluding hydrogens is 468 g/mol. The van der Waals surface area contributed by atoms with Gasteiger partial charge in [-0.3, -0.25) is 19.2 Å². The highest BCUT2D eigenvalue weighted by Crippen LogP contribution is 2.23. The van der Waals surface area contributed by atoms with E-state index in [4.69, 9.17) is 11.5 Å². The Morgan fingerprint density at radius 1 is 1.17 bits per heavy atom. The summed E-state index contributed by atoms with van der Waals surface area (Å²) in [4.78, 5) is 66.1. The number of benzene rings is 1. The molecule has 36 heavy (non-hydrogen) atoms. The number of fused-ring (bicyclic) bond motifs is 1. The van der Waals surface area contributed by atoms with Crippen LogP contribution in [0.1, 0.15) is 38.2 Å². The van der Waals surface area contributed by atoms with Crippen LogP contribution >= 0.6 is 0 Å². The summed E-state index contributed by atoms with van der Waals surface area (Å²) in [6, 6.07) is 3.49. The first kappa shape index (κ1) is 26.7. The molecular formula is C24H32N6O6. The van der Waals surface area contributed by atoms with Crippen LogP contribution in [-0.2, 0) is 30.4 Å². The highest BCUT2D eigenvalue weighted by atomic mass is 16.4. The molecule has 4 unspecified atom stereocenters. The third kappa shape index (κ3) is 6.39. The number of amides is 4. The van der Waals surface area contributed by atoms with E-state index in [0.717, 1.165) is 16.5 Å². The zero-order valence-corrected chi connectivity index (χ0v) is 20.0. The van der Waals surface area contributed by atoms with Crippen LogP contribution in [0, 0.1) is 0 Å². The van der Waals surface area contributed by atoms with Crippen molar-refractivity contribution in [1.82, 2.24) is 20.5 Å². The quantitative estimate of drug-likeness (QED) is 0.236. The van der Waals surface area contributed by atoms with Gasteiger partial charge in [0.05, 0.1) is 6.04 Å². The summed E-state index contributed by atoms with van der Waals surface area (Å²) in [6.45, 7) is 1.78. The van der Waals surface area contributed by atoms with E-state index in [0.29, 0.717) is 12.8 Å². The van der Waals surface area contributed by atoms with Crippen molar-refractivity contribution in [2.45, 2.75) is 63.2 Å². The highest BCUT2D eigenvalue weighted by Gasteiger charge is 2.39. The molecule has 4 atom stereocenters. The van der Waals surface area contributed by atoms with Gasteiger partial charge in [-0.25, -0.2) is 4.79 Å². The van der Waals surface area contributed by atoms with Gasteiger partial charge < -0.3 is 37.1 Å². The van der Waals surface area contributed by atoms with Crippen molar-refractivity contribution in [3.63, 3.8) is 0 Å². The molecule has 0 aliphatic carbocycles. The molecule has 0 saturated carbocycles. The highest BCUT2D eigenvalue weighted by molar-refractivity contribution is 5.95. The molecule has 194 valence electrons. The van der Waals surface area contributed by atoms with E-state index in [9.17, 15) is 29.1 Å². The van der Waals surface area contributed by atoms with E-state index in [1.165, 1.54) is 11.8 Å². The molecule has 0 spiro atoms. The number of rotatable bonds is 11. The summed E-state index contributed by atoms with van der Waals surface area (Å²) in [5, 5.41) is 15.4. The fraction of sp³-hybridized carbons (Fsp3) is 0.458. The SMILES string of the molecule is CC(N)C(=O)NC(Cc1c[nH]c2ccccc12)C(=O)N1CCCC1C(=O)NC(CCC(N)=O)C(=O)O. The maximum Gasteiger partial charge on any atom is 0.326 e. The molecule has 1 aromatic carbocycles. The average Bonchev–Trinajstić information content (AvgIpc) is 3.48. The number of carboxylic acids is 1. The van der Waals surface area contributed by atoms with Gasteiger partial charge in [0.15, 0.2) is 0 Å². The zero-order chi connectivity index (χ0) is 26.4. The lowest BCUT2D eigenvalue weighted by Crippen LogP contribution is -2.57. The Kier molecular flexibility index (Phi) is 8.64. The van der Waals surface area contributed by atoms with Crippen molar-refractivity contribution in [3.8, 4) is 0 Å². The minimum absolute atomic E-state index is 0.162. The summed E-state index contributed by atoms with van der Waals surface area (Å²) in [7, 11) is 0. The number of nitrogens with one attached hydrogen (secondary N) is 3. The fourth-order valence-electron chi connectivity index (χ4n) is 4.34. The first-order valence-electron chi connectivity index (χ1n) is 11.8. The largest absolute Gasteiger partial charge is 0.480 e. The average molecular weight is 501 g/mol. The molecule has 1 aliphatic heterocycles. The number of carboxylic acid groups (broad SMARTS) is 1. The third-order valence-corrected chi connectivity index (χ3v) is 6.26.